The molecule has 10 nitrogen and oxygen atoms in total. The van der Waals surface area contributed by atoms with Crippen LogP contribution in [0.25, 0.3) is 12.2 Å². The number of hydrogen-bond acceptors (Lipinski definition) is 8. The van der Waals surface area contributed by atoms with Crippen LogP contribution in [0.4, 0.5) is 29.7 Å². The molecule has 74 heavy (non-hydrogen) atoms. The highest BCUT2D eigenvalue weighted by Crippen LogP contribution is 2.38. The lowest BCUT2D eigenvalue weighted by Crippen LogP contribution is -3.00. The molecular formula is C58H64Br2F2N4O6S2. The van der Waals surface area contributed by atoms with Gasteiger partial charge in [0.15, 0.2) is 35.3 Å². The van der Waals surface area contributed by atoms with Gasteiger partial charge in [0, 0.05) is 49.7 Å². The van der Waals surface area contributed by atoms with Crippen molar-refractivity contribution in [3.8, 4) is 11.5 Å². The molecular weight excluding hydrogens is 1110 g/mol. The van der Waals surface area contributed by atoms with E-state index in [4.69, 9.17) is 18.9 Å². The molecule has 6 aromatic rings. The number of methoxy groups -OCH3 is 2. The van der Waals surface area contributed by atoms with E-state index >= 15 is 0 Å². The zero-order valence-corrected chi connectivity index (χ0v) is 46.6. The third-order valence-electron chi connectivity index (χ3n) is 15.0. The van der Waals surface area contributed by atoms with Gasteiger partial charge in [-0.3, -0.25) is 9.80 Å². The molecule has 2 amide bonds. The van der Waals surface area contributed by atoms with Gasteiger partial charge in [-0.1, -0.05) is 72.8 Å². The quantitative estimate of drug-likeness (QED) is 0.100. The van der Waals surface area contributed by atoms with Crippen LogP contribution < -0.4 is 53.2 Å². The summed E-state index contributed by atoms with van der Waals surface area (Å²) >= 11 is 3.13. The first-order chi connectivity index (χ1) is 35.1. The minimum Gasteiger partial charge on any atom is -1.00 e. The molecule has 12 rings (SSSR count). The number of halogens is 4. The minimum absolute atomic E-state index is 0. The van der Waals surface area contributed by atoms with Crippen molar-refractivity contribution >= 4 is 58.4 Å². The van der Waals surface area contributed by atoms with Crippen LogP contribution in [0.5, 0.6) is 11.5 Å². The fourth-order valence-electron chi connectivity index (χ4n) is 10.9. The Labute approximate surface area is 463 Å². The highest BCUT2D eigenvalue weighted by atomic mass is 79.9. The number of fused-ring (bicyclic) bond motifs is 6. The molecule has 16 heteroatoms. The Bertz CT molecular complexity index is 2580. The standard InChI is InChI=1S/2C29H32FN2O3S.2BrH/c2*1-34-27-10-9-25(18-26(27)30)31(19-23-13-17-36-21-23)29(33)35-28-20-32(15-11-24(28)12-16-32)14-5-8-22-6-3-2-4-7-22;;/h2*2-10,13,17-18,21,24,28H,11-12,14-16,19-20H2,1H3;2*1H/q2*+1;;/p-2/t2*24?,28-,32?;;/m00../s1. The number of carbonyl (C=O) groups is 2. The van der Waals surface area contributed by atoms with Gasteiger partial charge in [0.2, 0.25) is 0 Å². The van der Waals surface area contributed by atoms with E-state index in [0.717, 1.165) is 98.1 Å². The predicted octanol–water partition coefficient (Wildman–Crippen LogP) is 6.73. The fraction of sp³-hybridized carbons (Fsp3) is 0.345. The van der Waals surface area contributed by atoms with Gasteiger partial charge >= 0.3 is 12.2 Å². The first-order valence-corrected chi connectivity index (χ1v) is 26.8. The van der Waals surface area contributed by atoms with Crippen LogP contribution in [0.15, 0.2) is 143 Å². The second kappa shape index (κ2) is 26.4. The maximum Gasteiger partial charge on any atom is 0.415 e. The lowest BCUT2D eigenvalue weighted by molar-refractivity contribution is -0.941. The Balaban J connectivity index is 0.000000211. The molecule has 6 aliphatic heterocycles. The minimum atomic E-state index is -0.504. The second-order valence-corrected chi connectivity index (χ2v) is 21.1. The molecule has 0 saturated carbocycles. The summed E-state index contributed by atoms with van der Waals surface area (Å²) in [4.78, 5) is 30.1. The van der Waals surface area contributed by atoms with Crippen molar-refractivity contribution in [3.05, 3.63) is 177 Å². The summed E-state index contributed by atoms with van der Waals surface area (Å²) in [6.45, 7) is 8.59. The summed E-state index contributed by atoms with van der Waals surface area (Å²) in [6.07, 6.45) is 11.9. The van der Waals surface area contributed by atoms with Crippen molar-refractivity contribution in [3.63, 3.8) is 0 Å². The highest BCUT2D eigenvalue weighted by molar-refractivity contribution is 7.08. The Morgan fingerprint density at radius 1 is 0.581 bits per heavy atom. The number of benzene rings is 4. The SMILES string of the molecule is COc1ccc(N(Cc2ccsc2)C(=O)O[C@H]2C[N+]3(CC=Cc4ccccc4)CCC2CC3)cc1F.COc1ccc(N(Cc2ccsc2)C(=O)O[C@H]2C[N+]3(CC=Cc4ccccc4)CCC2CC3)cc1F.[Br-].[Br-]. The average Bonchev–Trinajstić information content (AvgIpc) is 4.14. The molecule has 0 unspecified atom stereocenters. The van der Waals surface area contributed by atoms with E-state index in [-0.39, 0.29) is 57.7 Å². The first-order valence-electron chi connectivity index (χ1n) is 24.9. The smallest absolute Gasteiger partial charge is 0.415 e. The normalized spacial score (nSPS) is 22.4. The van der Waals surface area contributed by atoms with Gasteiger partial charge in [-0.05, 0) is 92.3 Å². The summed E-state index contributed by atoms with van der Waals surface area (Å²) in [5.41, 5.74) is 5.27. The molecule has 2 atom stereocenters. The molecule has 6 saturated heterocycles. The molecule has 0 N–H and O–H groups in total. The van der Waals surface area contributed by atoms with Gasteiger partial charge in [-0.15, -0.1) is 0 Å². The van der Waals surface area contributed by atoms with Crippen LogP contribution in [0, 0.1) is 23.5 Å². The molecule has 8 heterocycles. The molecule has 4 aromatic carbocycles. The number of rotatable bonds is 16. The highest BCUT2D eigenvalue weighted by Gasteiger charge is 2.49. The van der Waals surface area contributed by atoms with Gasteiger partial charge in [-0.2, -0.15) is 22.7 Å². The summed E-state index contributed by atoms with van der Waals surface area (Å²) in [5.74, 6) is 0.0432. The molecule has 0 spiro atoms. The van der Waals surface area contributed by atoms with Gasteiger partial charge < -0.3 is 61.9 Å². The summed E-state index contributed by atoms with van der Waals surface area (Å²) in [5, 5.41) is 7.93. The van der Waals surface area contributed by atoms with Crippen molar-refractivity contribution in [1.82, 2.24) is 0 Å². The maximum atomic E-state index is 14.5. The van der Waals surface area contributed by atoms with E-state index in [1.54, 1.807) is 46.9 Å². The molecule has 0 radical (unpaired) electrons. The molecule has 392 valence electrons. The van der Waals surface area contributed by atoms with E-state index in [2.05, 4.69) is 48.6 Å². The summed E-state index contributed by atoms with van der Waals surface area (Å²) < 4.78 is 53.4. The maximum absolute atomic E-state index is 14.5. The molecule has 6 aliphatic rings. The van der Waals surface area contributed by atoms with Crippen molar-refractivity contribution < 1.29 is 80.2 Å². The van der Waals surface area contributed by atoms with Crippen molar-refractivity contribution in [2.45, 2.75) is 51.0 Å². The molecule has 2 aromatic heterocycles. The Kier molecular flexibility index (Phi) is 20.1. The van der Waals surface area contributed by atoms with Gasteiger partial charge in [0.1, 0.15) is 13.1 Å². The number of amides is 2. The Morgan fingerprint density at radius 2 is 0.973 bits per heavy atom. The number of thiophene rings is 2. The Morgan fingerprint density at radius 3 is 1.31 bits per heavy atom. The summed E-state index contributed by atoms with van der Waals surface area (Å²) in [7, 11) is 2.85. The fourth-order valence-corrected chi connectivity index (χ4v) is 12.2. The lowest BCUT2D eigenvalue weighted by atomic mass is 9.83. The largest absolute Gasteiger partial charge is 1.00 e. The van der Waals surface area contributed by atoms with Crippen molar-refractivity contribution in [2.24, 2.45) is 11.8 Å². The number of ether oxygens (including phenoxy) is 4. The van der Waals surface area contributed by atoms with Gasteiger partial charge in [0.25, 0.3) is 0 Å². The average molecular weight is 1180 g/mol. The van der Waals surface area contributed by atoms with Crippen LogP contribution in [-0.2, 0) is 22.6 Å². The third kappa shape index (κ3) is 14.1. The van der Waals surface area contributed by atoms with E-state index in [1.807, 2.05) is 70.1 Å². The van der Waals surface area contributed by atoms with Crippen LogP contribution in [-0.4, -0.2) is 99.9 Å². The zero-order valence-electron chi connectivity index (χ0n) is 41.8. The number of piperidine rings is 6. The van der Waals surface area contributed by atoms with Gasteiger partial charge in [0.05, 0.1) is 78.0 Å². The Hall–Kier alpha value is -5.36. The van der Waals surface area contributed by atoms with E-state index in [0.29, 0.717) is 36.3 Å². The summed E-state index contributed by atoms with van der Waals surface area (Å²) in [6, 6.07) is 33.8. The molecule has 6 fully saturated rings. The number of carbonyl (C=O) groups excluding carboxylic acids is 2. The number of quaternary nitrogens is 2. The number of nitrogens with zero attached hydrogens (tertiary/aromatic N) is 4. The van der Waals surface area contributed by atoms with Crippen molar-refractivity contribution in [1.29, 1.82) is 0 Å². The number of hydrogen-bond donors (Lipinski definition) is 0. The number of anilines is 2. The molecule has 0 aliphatic carbocycles. The second-order valence-electron chi connectivity index (χ2n) is 19.5. The predicted molar refractivity (Wildman–Crippen MR) is 283 cm³/mol. The van der Waals surface area contributed by atoms with Crippen LogP contribution in [0.2, 0.25) is 0 Å². The van der Waals surface area contributed by atoms with Crippen LogP contribution in [0.1, 0.15) is 47.9 Å². The van der Waals surface area contributed by atoms with Crippen molar-refractivity contribution in [2.75, 3.05) is 76.4 Å². The van der Waals surface area contributed by atoms with Crippen LogP contribution in [0.3, 0.4) is 0 Å². The zero-order chi connectivity index (χ0) is 49.9. The van der Waals surface area contributed by atoms with E-state index < -0.39 is 23.8 Å². The molecule has 4 bridgehead atoms. The lowest BCUT2D eigenvalue weighted by Gasteiger charge is -2.51. The topological polar surface area (TPSA) is 77.5 Å². The van der Waals surface area contributed by atoms with Crippen LogP contribution >= 0.6 is 22.7 Å². The van der Waals surface area contributed by atoms with Gasteiger partial charge in [-0.25, -0.2) is 18.4 Å². The van der Waals surface area contributed by atoms with E-state index in [1.165, 1.54) is 47.3 Å². The van der Waals surface area contributed by atoms with E-state index in [9.17, 15) is 18.4 Å². The first kappa shape index (κ1) is 56.4. The third-order valence-corrected chi connectivity index (χ3v) is 16.4. The monoisotopic (exact) mass is 1170 g/mol.